The van der Waals surface area contributed by atoms with E-state index in [1.165, 1.54) is 4.90 Å². The van der Waals surface area contributed by atoms with E-state index in [2.05, 4.69) is 15.6 Å². The Morgan fingerprint density at radius 1 is 1.27 bits per heavy atom. The highest BCUT2D eigenvalue weighted by Crippen LogP contribution is 2.11. The number of methoxy groups -OCH3 is 1. The average Bonchev–Trinajstić information content (AvgIpc) is 2.48. The van der Waals surface area contributed by atoms with Gasteiger partial charge in [-0.2, -0.15) is 0 Å². The summed E-state index contributed by atoms with van der Waals surface area (Å²) in [4.78, 5) is 29.2. The van der Waals surface area contributed by atoms with Gasteiger partial charge < -0.3 is 15.4 Å². The number of ether oxygens (including phenoxy) is 1. The van der Waals surface area contributed by atoms with Crippen molar-refractivity contribution in [3.8, 4) is 0 Å². The fourth-order valence-corrected chi connectivity index (χ4v) is 2.01. The molecule has 0 aromatic carbocycles. The molecule has 1 aliphatic rings. The van der Waals surface area contributed by atoms with Crippen LogP contribution >= 0.6 is 0 Å². The van der Waals surface area contributed by atoms with Crippen LogP contribution in [0, 0.1) is 0 Å². The second-order valence-electron chi connectivity index (χ2n) is 5.88. The Morgan fingerprint density at radius 3 is 2.45 bits per heavy atom. The van der Waals surface area contributed by atoms with Gasteiger partial charge in [-0.25, -0.2) is 0 Å². The van der Waals surface area contributed by atoms with E-state index in [4.69, 9.17) is 4.74 Å². The van der Waals surface area contributed by atoms with Crippen molar-refractivity contribution in [1.82, 2.24) is 15.5 Å². The number of nitrogens with zero attached hydrogens (tertiary/aromatic N) is 2. The standard InChI is InChI=1S/C15H28N4O3/c1-5-16-14(18-11-15(2,3)22-4)17-9-10-19-12(20)7-6-8-13(19)21/h5-11H2,1-4H3,(H2,16,17,18). The number of aliphatic imine (C=N–C) groups is 1. The second-order valence-corrected chi connectivity index (χ2v) is 5.88. The molecule has 0 radical (unpaired) electrons. The number of imide groups is 1. The third-order valence-electron chi connectivity index (χ3n) is 3.53. The van der Waals surface area contributed by atoms with Gasteiger partial charge in [-0.3, -0.25) is 19.5 Å². The minimum atomic E-state index is -0.332. The topological polar surface area (TPSA) is 83.0 Å². The molecular weight excluding hydrogens is 284 g/mol. The molecule has 1 aliphatic heterocycles. The predicted molar refractivity (Wildman–Crippen MR) is 85.6 cm³/mol. The van der Waals surface area contributed by atoms with Crippen molar-refractivity contribution in [2.45, 2.75) is 45.6 Å². The van der Waals surface area contributed by atoms with Gasteiger partial charge in [0, 0.05) is 39.6 Å². The lowest BCUT2D eigenvalue weighted by Crippen LogP contribution is -2.46. The Bertz CT molecular complexity index is 405. The predicted octanol–water partition coefficient (Wildman–Crippen LogP) is 0.506. The molecule has 0 spiro atoms. The number of carbonyl (C=O) groups excluding carboxylic acids is 2. The first-order valence-corrected chi connectivity index (χ1v) is 7.80. The number of guanidine groups is 1. The van der Waals surface area contributed by atoms with E-state index in [9.17, 15) is 9.59 Å². The van der Waals surface area contributed by atoms with E-state index in [0.29, 0.717) is 44.9 Å². The van der Waals surface area contributed by atoms with E-state index in [0.717, 1.165) is 6.54 Å². The van der Waals surface area contributed by atoms with Gasteiger partial charge in [-0.05, 0) is 27.2 Å². The van der Waals surface area contributed by atoms with Crippen molar-refractivity contribution >= 4 is 17.8 Å². The lowest BCUT2D eigenvalue weighted by atomic mass is 10.1. The molecule has 126 valence electrons. The van der Waals surface area contributed by atoms with Crippen LogP contribution in [0.15, 0.2) is 4.99 Å². The molecule has 2 amide bonds. The number of hydrogen-bond donors (Lipinski definition) is 2. The molecule has 1 fully saturated rings. The largest absolute Gasteiger partial charge is 0.377 e. The molecule has 22 heavy (non-hydrogen) atoms. The first-order chi connectivity index (χ1) is 10.4. The molecule has 0 unspecified atom stereocenters. The number of hydrogen-bond acceptors (Lipinski definition) is 4. The third kappa shape index (κ3) is 6.01. The fourth-order valence-electron chi connectivity index (χ4n) is 2.01. The first-order valence-electron chi connectivity index (χ1n) is 7.80. The Kier molecular flexibility index (Phi) is 7.31. The SMILES string of the molecule is CCNC(=NCC(C)(C)OC)NCCN1C(=O)CCCC1=O. The third-order valence-corrected chi connectivity index (χ3v) is 3.53. The zero-order valence-corrected chi connectivity index (χ0v) is 14.1. The second kappa shape index (κ2) is 8.73. The van der Waals surface area contributed by atoms with Crippen molar-refractivity contribution in [2.24, 2.45) is 4.99 Å². The quantitative estimate of drug-likeness (QED) is 0.406. The zero-order valence-electron chi connectivity index (χ0n) is 14.1. The number of amides is 2. The minimum Gasteiger partial charge on any atom is -0.377 e. The zero-order chi connectivity index (χ0) is 16.6. The molecule has 1 saturated heterocycles. The molecule has 0 aliphatic carbocycles. The summed E-state index contributed by atoms with van der Waals surface area (Å²) in [5.41, 5.74) is -0.332. The lowest BCUT2D eigenvalue weighted by molar-refractivity contribution is -0.147. The smallest absolute Gasteiger partial charge is 0.229 e. The van der Waals surface area contributed by atoms with Crippen LogP contribution in [0.5, 0.6) is 0 Å². The van der Waals surface area contributed by atoms with E-state index in [-0.39, 0.29) is 17.4 Å². The molecular formula is C15H28N4O3. The molecule has 0 bridgehead atoms. The lowest BCUT2D eigenvalue weighted by Gasteiger charge is -2.25. The number of nitrogens with one attached hydrogen (secondary N) is 2. The van der Waals surface area contributed by atoms with Crippen LogP contribution < -0.4 is 10.6 Å². The number of carbonyl (C=O) groups is 2. The van der Waals surface area contributed by atoms with Crippen LogP contribution in [0.2, 0.25) is 0 Å². The molecule has 0 aromatic heterocycles. The van der Waals surface area contributed by atoms with Crippen molar-refractivity contribution in [1.29, 1.82) is 0 Å². The van der Waals surface area contributed by atoms with Crippen molar-refractivity contribution in [3.63, 3.8) is 0 Å². The fraction of sp³-hybridized carbons (Fsp3) is 0.800. The van der Waals surface area contributed by atoms with Gasteiger partial charge in [0.1, 0.15) is 0 Å². The van der Waals surface area contributed by atoms with Gasteiger partial charge in [0.25, 0.3) is 0 Å². The number of likely N-dealkylation sites (tertiary alicyclic amines) is 1. The summed E-state index contributed by atoms with van der Waals surface area (Å²) in [5.74, 6) is 0.491. The molecule has 7 nitrogen and oxygen atoms in total. The summed E-state index contributed by atoms with van der Waals surface area (Å²) >= 11 is 0. The molecule has 0 atom stereocenters. The van der Waals surface area contributed by atoms with Crippen LogP contribution in [0.3, 0.4) is 0 Å². The van der Waals surface area contributed by atoms with Crippen molar-refractivity contribution in [2.75, 3.05) is 33.3 Å². The van der Waals surface area contributed by atoms with Crippen LogP contribution in [-0.2, 0) is 14.3 Å². The summed E-state index contributed by atoms with van der Waals surface area (Å²) in [6.45, 7) is 8.01. The van der Waals surface area contributed by atoms with E-state index in [1.807, 2.05) is 20.8 Å². The number of rotatable bonds is 7. The Labute approximate surface area is 132 Å². The molecule has 0 saturated carbocycles. The molecule has 1 rings (SSSR count). The van der Waals surface area contributed by atoms with Crippen molar-refractivity contribution < 1.29 is 14.3 Å². The highest BCUT2D eigenvalue weighted by molar-refractivity contribution is 5.97. The maximum atomic E-state index is 11.7. The summed E-state index contributed by atoms with van der Waals surface area (Å²) < 4.78 is 5.33. The molecule has 7 heteroatoms. The van der Waals surface area contributed by atoms with Gasteiger partial charge in [0.2, 0.25) is 11.8 Å². The van der Waals surface area contributed by atoms with Gasteiger partial charge >= 0.3 is 0 Å². The van der Waals surface area contributed by atoms with Gasteiger partial charge in [-0.1, -0.05) is 0 Å². The van der Waals surface area contributed by atoms with Crippen LogP contribution in [0.4, 0.5) is 0 Å². The Balaban J connectivity index is 2.48. The van der Waals surface area contributed by atoms with Gasteiger partial charge in [0.05, 0.1) is 12.1 Å². The normalized spacial score (nSPS) is 16.9. The van der Waals surface area contributed by atoms with E-state index >= 15 is 0 Å². The molecule has 0 aromatic rings. The average molecular weight is 312 g/mol. The maximum absolute atomic E-state index is 11.7. The van der Waals surface area contributed by atoms with Crippen LogP contribution in [0.25, 0.3) is 0 Å². The van der Waals surface area contributed by atoms with Gasteiger partial charge in [0.15, 0.2) is 5.96 Å². The van der Waals surface area contributed by atoms with Gasteiger partial charge in [-0.15, -0.1) is 0 Å². The first kappa shape index (κ1) is 18.4. The summed E-state index contributed by atoms with van der Waals surface area (Å²) in [6, 6.07) is 0. The van der Waals surface area contributed by atoms with Crippen LogP contribution in [0.1, 0.15) is 40.0 Å². The van der Waals surface area contributed by atoms with E-state index < -0.39 is 0 Å². The molecule has 1 heterocycles. The summed E-state index contributed by atoms with van der Waals surface area (Å²) in [7, 11) is 1.66. The Morgan fingerprint density at radius 2 is 1.91 bits per heavy atom. The highest BCUT2D eigenvalue weighted by Gasteiger charge is 2.25. The molecule has 2 N–H and O–H groups in total. The highest BCUT2D eigenvalue weighted by atomic mass is 16.5. The minimum absolute atomic E-state index is 0.0829. The monoisotopic (exact) mass is 312 g/mol. The number of piperidine rings is 1. The Hall–Kier alpha value is -1.63. The summed E-state index contributed by atoms with van der Waals surface area (Å²) in [6.07, 6.45) is 1.58. The van der Waals surface area contributed by atoms with Crippen molar-refractivity contribution in [3.05, 3.63) is 0 Å². The maximum Gasteiger partial charge on any atom is 0.229 e. The summed E-state index contributed by atoms with van der Waals surface area (Å²) in [5, 5.41) is 6.28. The van der Waals surface area contributed by atoms with E-state index in [1.54, 1.807) is 7.11 Å². The van der Waals surface area contributed by atoms with Crippen LogP contribution in [-0.4, -0.2) is 61.6 Å².